The fourth-order valence-electron chi connectivity index (χ4n) is 3.37. The fourth-order valence-corrected chi connectivity index (χ4v) is 5.23. The molecule has 158 valence electrons. The number of aliphatic carboxylic acids is 2. The van der Waals surface area contributed by atoms with E-state index < -0.39 is 24.1 Å². The van der Waals surface area contributed by atoms with Crippen molar-refractivity contribution < 1.29 is 30.0 Å². The third-order valence-corrected chi connectivity index (χ3v) is 6.76. The second kappa shape index (κ2) is 11.1. The predicted molar refractivity (Wildman–Crippen MR) is 105 cm³/mol. The van der Waals surface area contributed by atoms with E-state index in [4.69, 9.17) is 20.4 Å². The summed E-state index contributed by atoms with van der Waals surface area (Å²) in [5.74, 6) is -0.819. The van der Waals surface area contributed by atoms with E-state index in [0.717, 1.165) is 5.92 Å². The first kappa shape index (κ1) is 23.0. The van der Waals surface area contributed by atoms with Crippen LogP contribution in [0.15, 0.2) is 5.03 Å². The van der Waals surface area contributed by atoms with Crippen molar-refractivity contribution >= 4 is 35.4 Å². The Labute approximate surface area is 172 Å². The standard InChI is InChI=1S/C13H21N3S2.C4H6O6/c1-2-3-8-17-13-12(14-18-15-13)11-9-16-6-4-10(11)5-7-16;5-1(3(7)8)2(6)4(9)10/h10-11H,2-9H2,1H3;1-2,5-6H,(H,7,8)(H,9,10)/t11-;1-,2-/m11/s1. The van der Waals surface area contributed by atoms with Crippen molar-refractivity contribution in [1.82, 2.24) is 13.6 Å². The minimum atomic E-state index is -2.27. The lowest BCUT2D eigenvalue weighted by atomic mass is 9.78. The molecule has 0 aromatic carbocycles. The summed E-state index contributed by atoms with van der Waals surface area (Å²) in [6.07, 6.45) is 0.736. The van der Waals surface area contributed by atoms with Gasteiger partial charge in [0, 0.05) is 12.5 Å². The first-order valence-corrected chi connectivity index (χ1v) is 11.1. The van der Waals surface area contributed by atoms with Crippen LogP contribution in [0.25, 0.3) is 0 Å². The van der Waals surface area contributed by atoms with E-state index in [1.165, 1.54) is 73.5 Å². The molecule has 2 bridgehead atoms. The van der Waals surface area contributed by atoms with Crippen molar-refractivity contribution in [1.29, 1.82) is 0 Å². The molecule has 11 heteroatoms. The smallest absolute Gasteiger partial charge is 0.335 e. The van der Waals surface area contributed by atoms with E-state index in [2.05, 4.69) is 20.6 Å². The Bertz CT molecular complexity index is 633. The summed E-state index contributed by atoms with van der Waals surface area (Å²) in [5.41, 5.74) is 1.32. The molecule has 28 heavy (non-hydrogen) atoms. The maximum Gasteiger partial charge on any atom is 0.335 e. The molecule has 0 amide bonds. The van der Waals surface area contributed by atoms with Gasteiger partial charge in [0.15, 0.2) is 12.2 Å². The van der Waals surface area contributed by atoms with Crippen molar-refractivity contribution in [3.63, 3.8) is 0 Å². The van der Waals surface area contributed by atoms with E-state index >= 15 is 0 Å². The molecule has 4 N–H and O–H groups in total. The predicted octanol–water partition coefficient (Wildman–Crippen LogP) is 1.12. The molecule has 3 saturated heterocycles. The van der Waals surface area contributed by atoms with E-state index in [-0.39, 0.29) is 0 Å². The van der Waals surface area contributed by atoms with Gasteiger partial charge in [-0.1, -0.05) is 13.3 Å². The quantitative estimate of drug-likeness (QED) is 0.348. The number of piperidine rings is 3. The van der Waals surface area contributed by atoms with Crippen LogP contribution in [0.4, 0.5) is 0 Å². The highest BCUT2D eigenvalue weighted by Gasteiger charge is 2.37. The number of aromatic nitrogens is 2. The molecule has 1 aromatic rings. The third kappa shape index (κ3) is 6.11. The SMILES string of the molecule is CCCCSc1nsnc1[C@@H]1CN2CCC1CC2.O=C(O)[C@H](O)[C@@H](O)C(=O)O. The van der Waals surface area contributed by atoms with Crippen LogP contribution in [-0.2, 0) is 9.59 Å². The van der Waals surface area contributed by atoms with Crippen LogP contribution in [-0.4, -0.2) is 83.6 Å². The monoisotopic (exact) mass is 433 g/mol. The van der Waals surface area contributed by atoms with Gasteiger partial charge in [-0.15, -0.1) is 11.8 Å². The number of hydrogen-bond acceptors (Lipinski definition) is 9. The van der Waals surface area contributed by atoms with Gasteiger partial charge >= 0.3 is 11.9 Å². The molecule has 0 unspecified atom stereocenters. The molecular formula is C17H27N3O6S2. The lowest BCUT2D eigenvalue weighted by Crippen LogP contribution is -2.46. The van der Waals surface area contributed by atoms with Gasteiger partial charge in [-0.25, -0.2) is 9.59 Å². The lowest BCUT2D eigenvalue weighted by molar-refractivity contribution is -0.165. The summed E-state index contributed by atoms with van der Waals surface area (Å²) < 4.78 is 9.14. The van der Waals surface area contributed by atoms with Crippen LogP contribution < -0.4 is 0 Å². The lowest BCUT2D eigenvalue weighted by Gasteiger charge is -2.44. The Morgan fingerprint density at radius 3 is 2.25 bits per heavy atom. The van der Waals surface area contributed by atoms with Crippen LogP contribution in [0.2, 0.25) is 0 Å². The Morgan fingerprint density at radius 1 is 1.18 bits per heavy atom. The Kier molecular flexibility index (Phi) is 9.09. The van der Waals surface area contributed by atoms with E-state index in [0.29, 0.717) is 5.92 Å². The molecule has 0 spiro atoms. The number of nitrogens with zero attached hydrogens (tertiary/aromatic N) is 3. The van der Waals surface area contributed by atoms with Crippen LogP contribution in [0.3, 0.4) is 0 Å². The van der Waals surface area contributed by atoms with Crippen LogP contribution in [0.1, 0.15) is 44.2 Å². The second-order valence-electron chi connectivity index (χ2n) is 6.97. The number of aliphatic hydroxyl groups excluding tert-OH is 2. The fraction of sp³-hybridized carbons (Fsp3) is 0.765. The molecule has 9 nitrogen and oxygen atoms in total. The van der Waals surface area contributed by atoms with Gasteiger partial charge in [-0.05, 0) is 44.0 Å². The number of fused-ring (bicyclic) bond motifs is 3. The Morgan fingerprint density at radius 2 is 1.79 bits per heavy atom. The van der Waals surface area contributed by atoms with Gasteiger partial charge < -0.3 is 25.3 Å². The summed E-state index contributed by atoms with van der Waals surface area (Å²) in [6, 6.07) is 0. The molecule has 0 aliphatic carbocycles. The van der Waals surface area contributed by atoms with Gasteiger partial charge in [-0.3, -0.25) is 0 Å². The molecule has 3 atom stereocenters. The average Bonchev–Trinajstić information content (AvgIpc) is 3.16. The molecule has 3 aliphatic heterocycles. The number of rotatable bonds is 8. The molecule has 3 fully saturated rings. The van der Waals surface area contributed by atoms with E-state index in [1.54, 1.807) is 0 Å². The Hall–Kier alpha value is -1.27. The number of hydrogen-bond donors (Lipinski definition) is 4. The second-order valence-corrected chi connectivity index (χ2v) is 8.58. The van der Waals surface area contributed by atoms with Gasteiger partial charge in [0.2, 0.25) is 0 Å². The number of aliphatic hydroxyl groups is 2. The highest BCUT2D eigenvalue weighted by atomic mass is 32.2. The summed E-state index contributed by atoms with van der Waals surface area (Å²) in [4.78, 5) is 22.1. The van der Waals surface area contributed by atoms with Gasteiger partial charge in [-0.2, -0.15) is 8.75 Å². The van der Waals surface area contributed by atoms with Crippen LogP contribution >= 0.6 is 23.5 Å². The van der Waals surface area contributed by atoms with E-state index in [9.17, 15) is 9.59 Å². The number of unbranched alkanes of at least 4 members (excludes halogenated alkanes) is 1. The normalized spacial score (nSPS) is 25.5. The molecular weight excluding hydrogens is 406 g/mol. The maximum absolute atomic E-state index is 9.77. The maximum atomic E-state index is 9.77. The summed E-state index contributed by atoms with van der Waals surface area (Å²) in [6.45, 7) is 6.07. The van der Waals surface area contributed by atoms with Gasteiger partial charge in [0.1, 0.15) is 5.03 Å². The van der Waals surface area contributed by atoms with Crippen molar-refractivity contribution in [3.05, 3.63) is 5.69 Å². The zero-order chi connectivity index (χ0) is 20.7. The minimum absolute atomic E-state index is 0.662. The summed E-state index contributed by atoms with van der Waals surface area (Å²) in [5, 5.41) is 33.8. The number of carboxylic acid groups (broad SMARTS) is 2. The first-order valence-electron chi connectivity index (χ1n) is 9.34. The highest BCUT2D eigenvalue weighted by Crippen LogP contribution is 2.41. The first-order chi connectivity index (χ1) is 13.3. The van der Waals surface area contributed by atoms with Gasteiger partial charge in [0.05, 0.1) is 17.4 Å². The molecule has 4 rings (SSSR count). The van der Waals surface area contributed by atoms with Crippen LogP contribution in [0, 0.1) is 5.92 Å². The van der Waals surface area contributed by atoms with Crippen molar-refractivity contribution in [2.45, 2.75) is 55.8 Å². The largest absolute Gasteiger partial charge is 0.479 e. The Balaban J connectivity index is 0.000000242. The van der Waals surface area contributed by atoms with Crippen molar-refractivity contribution in [2.75, 3.05) is 25.4 Å². The number of carbonyl (C=O) groups is 2. The topological polar surface area (TPSA) is 144 Å². The minimum Gasteiger partial charge on any atom is -0.479 e. The van der Waals surface area contributed by atoms with Crippen molar-refractivity contribution in [3.8, 4) is 0 Å². The molecule has 1 aromatic heterocycles. The zero-order valence-corrected chi connectivity index (χ0v) is 17.4. The van der Waals surface area contributed by atoms with Crippen LogP contribution in [0.5, 0.6) is 0 Å². The highest BCUT2D eigenvalue weighted by molar-refractivity contribution is 7.99. The molecule has 4 heterocycles. The third-order valence-electron chi connectivity index (χ3n) is 5.03. The number of carboxylic acids is 2. The van der Waals surface area contributed by atoms with Gasteiger partial charge in [0.25, 0.3) is 0 Å². The summed E-state index contributed by atoms with van der Waals surface area (Å²) >= 11 is 3.32. The molecule has 0 saturated carbocycles. The number of thioether (sulfide) groups is 1. The molecule has 3 aliphatic rings. The zero-order valence-electron chi connectivity index (χ0n) is 15.7. The molecule has 0 radical (unpaired) electrons. The average molecular weight is 434 g/mol. The van der Waals surface area contributed by atoms with Crippen molar-refractivity contribution in [2.24, 2.45) is 5.92 Å². The summed E-state index contributed by atoms with van der Waals surface area (Å²) in [7, 11) is 0. The van der Waals surface area contributed by atoms with E-state index in [1.807, 2.05) is 11.8 Å².